The third kappa shape index (κ3) is 4.00. The highest BCUT2D eigenvalue weighted by atomic mass is 16.7. The van der Waals surface area contributed by atoms with Crippen molar-refractivity contribution in [2.45, 2.75) is 33.0 Å². The molecule has 0 radical (unpaired) electrons. The lowest BCUT2D eigenvalue weighted by Crippen LogP contribution is -2.42. The maximum absolute atomic E-state index is 11.8. The predicted octanol–water partition coefficient (Wildman–Crippen LogP) is 2.61. The second-order valence-electron chi connectivity index (χ2n) is 5.26. The third-order valence-electron chi connectivity index (χ3n) is 2.81. The van der Waals surface area contributed by atoms with Gasteiger partial charge in [0.05, 0.1) is 6.61 Å². The van der Waals surface area contributed by atoms with Gasteiger partial charge in [-0.3, -0.25) is 0 Å². The molecule has 2 rings (SSSR count). The average molecular weight is 305 g/mol. The van der Waals surface area contributed by atoms with E-state index in [1.54, 1.807) is 12.1 Å². The van der Waals surface area contributed by atoms with Gasteiger partial charge in [0.1, 0.15) is 5.75 Å². The second-order valence-corrected chi connectivity index (χ2v) is 5.26. The molecular formula is C16H19NO5. The van der Waals surface area contributed by atoms with Gasteiger partial charge < -0.3 is 19.5 Å². The molecule has 118 valence electrons. The van der Waals surface area contributed by atoms with Gasteiger partial charge in [-0.1, -0.05) is 13.0 Å². The van der Waals surface area contributed by atoms with Crippen LogP contribution in [0.1, 0.15) is 27.2 Å². The summed E-state index contributed by atoms with van der Waals surface area (Å²) in [6.07, 6.45) is 2.19. The van der Waals surface area contributed by atoms with Crippen LogP contribution < -0.4 is 10.1 Å². The minimum Gasteiger partial charge on any atom is -0.494 e. The Bertz CT molecular complexity index is 584. The zero-order chi connectivity index (χ0) is 16.2. The lowest BCUT2D eigenvalue weighted by atomic mass is 10.2. The van der Waals surface area contributed by atoms with E-state index in [0.717, 1.165) is 6.42 Å². The predicted molar refractivity (Wildman–Crippen MR) is 80.2 cm³/mol. The van der Waals surface area contributed by atoms with Crippen molar-refractivity contribution >= 4 is 17.6 Å². The van der Waals surface area contributed by atoms with Crippen molar-refractivity contribution in [3.05, 3.63) is 36.0 Å². The van der Waals surface area contributed by atoms with Crippen LogP contribution in [0.5, 0.6) is 5.75 Å². The lowest BCUT2D eigenvalue weighted by molar-refractivity contribution is -0.222. The number of hydrogen-bond donors (Lipinski definition) is 1. The Kier molecular flexibility index (Phi) is 4.70. The van der Waals surface area contributed by atoms with E-state index in [9.17, 15) is 9.59 Å². The molecule has 1 aliphatic heterocycles. The monoisotopic (exact) mass is 305 g/mol. The summed E-state index contributed by atoms with van der Waals surface area (Å²) in [7, 11) is 0. The molecule has 1 fully saturated rings. The van der Waals surface area contributed by atoms with Gasteiger partial charge in [-0.05, 0) is 18.6 Å². The largest absolute Gasteiger partial charge is 0.494 e. The molecule has 1 aliphatic rings. The molecule has 0 spiro atoms. The van der Waals surface area contributed by atoms with Gasteiger partial charge >= 0.3 is 11.9 Å². The van der Waals surface area contributed by atoms with Crippen LogP contribution in [-0.4, -0.2) is 24.3 Å². The molecule has 0 unspecified atom stereocenters. The number of hydrogen-bond acceptors (Lipinski definition) is 6. The van der Waals surface area contributed by atoms with E-state index in [-0.39, 0.29) is 5.57 Å². The van der Waals surface area contributed by atoms with Crippen LogP contribution in [-0.2, 0) is 19.1 Å². The number of anilines is 1. The van der Waals surface area contributed by atoms with E-state index < -0.39 is 17.7 Å². The van der Waals surface area contributed by atoms with Crippen LogP contribution in [0.15, 0.2) is 36.0 Å². The highest BCUT2D eigenvalue weighted by Gasteiger charge is 2.38. The molecule has 22 heavy (non-hydrogen) atoms. The van der Waals surface area contributed by atoms with Crippen molar-refractivity contribution < 1.29 is 23.8 Å². The first kappa shape index (κ1) is 15.9. The average Bonchev–Trinajstić information content (AvgIpc) is 2.43. The van der Waals surface area contributed by atoms with E-state index in [1.807, 2.05) is 19.1 Å². The molecule has 1 saturated heterocycles. The Morgan fingerprint density at radius 1 is 1.23 bits per heavy atom. The standard InChI is InChI=1S/C16H19NO5/c1-4-8-20-12-7-5-6-11(9-12)17-10-13-14(18)21-16(2,3)22-15(13)19/h5-7,9-10,17H,4,8H2,1-3H3. The molecule has 6 heteroatoms. The first-order valence-corrected chi connectivity index (χ1v) is 7.07. The lowest BCUT2D eigenvalue weighted by Gasteiger charge is -2.29. The van der Waals surface area contributed by atoms with Crippen LogP contribution in [0.3, 0.4) is 0 Å². The normalized spacial score (nSPS) is 16.6. The minimum absolute atomic E-state index is 0.181. The number of cyclic esters (lactones) is 2. The first-order valence-electron chi connectivity index (χ1n) is 7.07. The molecule has 0 saturated carbocycles. The maximum atomic E-state index is 11.8. The van der Waals surface area contributed by atoms with Crippen molar-refractivity contribution in [1.29, 1.82) is 0 Å². The van der Waals surface area contributed by atoms with Gasteiger partial charge in [-0.2, -0.15) is 0 Å². The van der Waals surface area contributed by atoms with E-state index in [2.05, 4.69) is 5.32 Å². The Morgan fingerprint density at radius 2 is 1.91 bits per heavy atom. The van der Waals surface area contributed by atoms with Crippen molar-refractivity contribution in [2.24, 2.45) is 0 Å². The highest BCUT2D eigenvalue weighted by Crippen LogP contribution is 2.23. The Balaban J connectivity index is 2.08. The number of nitrogens with one attached hydrogen (secondary N) is 1. The number of carbonyl (C=O) groups is 2. The quantitative estimate of drug-likeness (QED) is 0.512. The van der Waals surface area contributed by atoms with E-state index in [1.165, 1.54) is 20.0 Å². The summed E-state index contributed by atoms with van der Waals surface area (Å²) in [5.74, 6) is -1.96. The SMILES string of the molecule is CCCOc1cccc(NC=C2C(=O)OC(C)(C)OC2=O)c1. The summed E-state index contributed by atoms with van der Waals surface area (Å²) in [6.45, 7) is 5.65. The minimum atomic E-state index is -1.24. The number of carbonyl (C=O) groups excluding carboxylic acids is 2. The van der Waals surface area contributed by atoms with Gasteiger partial charge in [-0.15, -0.1) is 0 Å². The van der Waals surface area contributed by atoms with Crippen LogP contribution in [0.4, 0.5) is 5.69 Å². The molecule has 6 nitrogen and oxygen atoms in total. The summed E-state index contributed by atoms with van der Waals surface area (Å²) in [4.78, 5) is 23.6. The van der Waals surface area contributed by atoms with Crippen LogP contribution >= 0.6 is 0 Å². The molecule has 1 heterocycles. The van der Waals surface area contributed by atoms with Crippen molar-refractivity contribution in [1.82, 2.24) is 0 Å². The Hall–Kier alpha value is -2.50. The highest BCUT2D eigenvalue weighted by molar-refractivity contribution is 6.15. The first-order chi connectivity index (χ1) is 10.4. The summed E-state index contributed by atoms with van der Waals surface area (Å²) >= 11 is 0. The van der Waals surface area contributed by atoms with Gasteiger partial charge in [0, 0.05) is 31.8 Å². The van der Waals surface area contributed by atoms with E-state index in [0.29, 0.717) is 18.0 Å². The fraction of sp³-hybridized carbons (Fsp3) is 0.375. The summed E-state index contributed by atoms with van der Waals surface area (Å²) in [5.41, 5.74) is 0.505. The molecule has 0 aliphatic carbocycles. The number of rotatable bonds is 5. The number of benzene rings is 1. The van der Waals surface area contributed by atoms with Crippen LogP contribution in [0.25, 0.3) is 0 Å². The maximum Gasteiger partial charge on any atom is 0.350 e. The smallest absolute Gasteiger partial charge is 0.350 e. The molecule has 0 atom stereocenters. The van der Waals surface area contributed by atoms with Gasteiger partial charge in [0.15, 0.2) is 5.57 Å². The molecule has 0 bridgehead atoms. The zero-order valence-corrected chi connectivity index (χ0v) is 12.8. The second kappa shape index (κ2) is 6.51. The van der Waals surface area contributed by atoms with Gasteiger partial charge in [-0.25, -0.2) is 9.59 Å². The third-order valence-corrected chi connectivity index (χ3v) is 2.81. The molecule has 1 aromatic rings. The zero-order valence-electron chi connectivity index (χ0n) is 12.8. The molecule has 1 N–H and O–H groups in total. The number of esters is 2. The molecule has 0 amide bonds. The van der Waals surface area contributed by atoms with E-state index in [4.69, 9.17) is 14.2 Å². The van der Waals surface area contributed by atoms with Gasteiger partial charge in [0.25, 0.3) is 5.79 Å². The Labute approximate surface area is 129 Å². The van der Waals surface area contributed by atoms with Crippen molar-refractivity contribution in [3.8, 4) is 5.75 Å². The summed E-state index contributed by atoms with van der Waals surface area (Å²) < 4.78 is 15.5. The summed E-state index contributed by atoms with van der Waals surface area (Å²) in [6, 6.07) is 7.21. The molecule has 1 aromatic carbocycles. The van der Waals surface area contributed by atoms with Crippen LogP contribution in [0.2, 0.25) is 0 Å². The molecule has 0 aromatic heterocycles. The van der Waals surface area contributed by atoms with Gasteiger partial charge in [0.2, 0.25) is 0 Å². The van der Waals surface area contributed by atoms with Crippen LogP contribution in [0, 0.1) is 0 Å². The summed E-state index contributed by atoms with van der Waals surface area (Å²) in [5, 5.41) is 2.88. The fourth-order valence-electron chi connectivity index (χ4n) is 1.83. The van der Waals surface area contributed by atoms with E-state index >= 15 is 0 Å². The molecular weight excluding hydrogens is 286 g/mol. The fourth-order valence-corrected chi connectivity index (χ4v) is 1.83. The topological polar surface area (TPSA) is 73.9 Å². The Morgan fingerprint density at radius 3 is 2.55 bits per heavy atom. The van der Waals surface area contributed by atoms with Crippen molar-refractivity contribution in [3.63, 3.8) is 0 Å². The van der Waals surface area contributed by atoms with Crippen molar-refractivity contribution in [2.75, 3.05) is 11.9 Å². The number of ether oxygens (including phenoxy) is 3.